The molecule has 3 nitrogen and oxygen atoms in total. The summed E-state index contributed by atoms with van der Waals surface area (Å²) in [5, 5.41) is 5.66. The van der Waals surface area contributed by atoms with Crippen molar-refractivity contribution >= 4 is 27.3 Å². The van der Waals surface area contributed by atoms with Crippen LogP contribution in [0.25, 0.3) is 0 Å². The van der Waals surface area contributed by atoms with Crippen molar-refractivity contribution in [3.63, 3.8) is 0 Å². The summed E-state index contributed by atoms with van der Waals surface area (Å²) in [5.41, 5.74) is 0. The molecule has 5 heteroatoms. The first-order valence-corrected chi connectivity index (χ1v) is 8.07. The lowest BCUT2D eigenvalue weighted by atomic mass is 10.0. The quantitative estimate of drug-likeness (QED) is 0.908. The minimum Gasteiger partial charge on any atom is -0.315 e. The van der Waals surface area contributed by atoms with Gasteiger partial charge in [0.1, 0.15) is 0 Å². The molecule has 1 aromatic rings. The molecule has 2 atom stereocenters. The van der Waals surface area contributed by atoms with Gasteiger partial charge >= 0.3 is 0 Å². The summed E-state index contributed by atoms with van der Waals surface area (Å²) in [7, 11) is 6.54. The van der Waals surface area contributed by atoms with Crippen LogP contribution in [0, 0.1) is 0 Å². The lowest BCUT2D eigenvalue weighted by Crippen LogP contribution is -2.58. The molecule has 1 fully saturated rings. The van der Waals surface area contributed by atoms with E-state index in [1.165, 1.54) is 15.9 Å². The first kappa shape index (κ1) is 14.5. The summed E-state index contributed by atoms with van der Waals surface area (Å²) in [6, 6.07) is 3.24. The van der Waals surface area contributed by atoms with Gasteiger partial charge in [-0.25, -0.2) is 0 Å². The fraction of sp³-hybridized carbons (Fsp3) is 0.692. The number of halogens is 1. The highest BCUT2D eigenvalue weighted by Gasteiger charge is 2.29. The van der Waals surface area contributed by atoms with Crippen molar-refractivity contribution in [1.29, 1.82) is 0 Å². The molecular formula is C13H22BrN3S. The molecule has 2 unspecified atom stereocenters. The van der Waals surface area contributed by atoms with Crippen LogP contribution in [0.5, 0.6) is 0 Å². The average Bonchev–Trinajstić information content (AvgIpc) is 2.75. The van der Waals surface area contributed by atoms with Gasteiger partial charge in [-0.1, -0.05) is 0 Å². The van der Waals surface area contributed by atoms with Crippen LogP contribution >= 0.6 is 27.3 Å². The Labute approximate surface area is 122 Å². The zero-order chi connectivity index (χ0) is 13.1. The van der Waals surface area contributed by atoms with E-state index in [2.05, 4.69) is 63.6 Å². The third-order valence-electron chi connectivity index (χ3n) is 3.83. The maximum atomic E-state index is 3.63. The molecule has 0 bridgehead atoms. The van der Waals surface area contributed by atoms with E-state index in [4.69, 9.17) is 0 Å². The second kappa shape index (κ2) is 6.48. The maximum absolute atomic E-state index is 3.63. The van der Waals surface area contributed by atoms with E-state index >= 15 is 0 Å². The smallest absolute Gasteiger partial charge is 0.0377 e. The van der Waals surface area contributed by atoms with Gasteiger partial charge in [0.25, 0.3) is 0 Å². The van der Waals surface area contributed by atoms with Crippen molar-refractivity contribution in [2.75, 3.05) is 40.8 Å². The van der Waals surface area contributed by atoms with Crippen LogP contribution < -0.4 is 5.32 Å². The fourth-order valence-electron chi connectivity index (χ4n) is 2.58. The summed E-state index contributed by atoms with van der Waals surface area (Å²) in [6.45, 7) is 3.47. The van der Waals surface area contributed by atoms with Crippen LogP contribution in [-0.2, 0) is 6.42 Å². The molecule has 1 saturated heterocycles. The first-order chi connectivity index (χ1) is 8.61. The summed E-state index contributed by atoms with van der Waals surface area (Å²) < 4.78 is 1.25. The molecule has 1 aliphatic heterocycles. The minimum absolute atomic E-state index is 0.507. The number of piperazine rings is 1. The molecule has 0 radical (unpaired) electrons. The second-order valence-corrected chi connectivity index (χ2v) is 6.96. The molecular weight excluding hydrogens is 310 g/mol. The van der Waals surface area contributed by atoms with E-state index in [0.717, 1.165) is 19.5 Å². The summed E-state index contributed by atoms with van der Waals surface area (Å²) >= 11 is 5.47. The molecule has 0 aliphatic carbocycles. The van der Waals surface area contributed by atoms with Gasteiger partial charge in [0.2, 0.25) is 0 Å². The number of hydrogen-bond acceptors (Lipinski definition) is 4. The molecule has 102 valence electrons. The first-order valence-electron chi connectivity index (χ1n) is 6.39. The second-order valence-electron chi connectivity index (χ2n) is 5.10. The molecule has 1 aliphatic rings. The largest absolute Gasteiger partial charge is 0.315 e. The van der Waals surface area contributed by atoms with E-state index < -0.39 is 0 Å². The van der Waals surface area contributed by atoms with E-state index in [1.807, 2.05) is 11.3 Å². The number of nitrogens with zero attached hydrogens (tertiary/aromatic N) is 2. The van der Waals surface area contributed by atoms with E-state index in [9.17, 15) is 0 Å². The summed E-state index contributed by atoms with van der Waals surface area (Å²) in [5.74, 6) is 0. The number of likely N-dealkylation sites (N-methyl/N-ethyl adjacent to an activating group) is 3. The molecule has 1 N–H and O–H groups in total. The van der Waals surface area contributed by atoms with Crippen molar-refractivity contribution in [2.45, 2.75) is 18.5 Å². The van der Waals surface area contributed by atoms with Crippen LogP contribution in [0.2, 0.25) is 0 Å². The van der Waals surface area contributed by atoms with Crippen LogP contribution in [0.3, 0.4) is 0 Å². The van der Waals surface area contributed by atoms with Gasteiger partial charge in [-0.3, -0.25) is 4.90 Å². The SMILES string of the molecule is CNC(Cc1sccc1Br)C1CN(C)CCN1C. The topological polar surface area (TPSA) is 18.5 Å². The van der Waals surface area contributed by atoms with Crippen molar-refractivity contribution < 1.29 is 0 Å². The fourth-order valence-corrected chi connectivity index (χ4v) is 4.15. The maximum Gasteiger partial charge on any atom is 0.0377 e. The van der Waals surface area contributed by atoms with E-state index in [-0.39, 0.29) is 0 Å². The van der Waals surface area contributed by atoms with Crippen LogP contribution in [0.15, 0.2) is 15.9 Å². The van der Waals surface area contributed by atoms with Gasteiger partial charge in [0.05, 0.1) is 0 Å². The van der Waals surface area contributed by atoms with Crippen LogP contribution in [0.1, 0.15) is 4.88 Å². The Balaban J connectivity index is 2.05. The van der Waals surface area contributed by atoms with Crippen molar-refractivity contribution in [2.24, 2.45) is 0 Å². The third kappa shape index (κ3) is 3.33. The van der Waals surface area contributed by atoms with Crippen LogP contribution in [0.4, 0.5) is 0 Å². The molecule has 0 amide bonds. The Hall–Kier alpha value is 0.0600. The Kier molecular flexibility index (Phi) is 5.21. The number of hydrogen-bond donors (Lipinski definition) is 1. The third-order valence-corrected chi connectivity index (χ3v) is 5.78. The molecule has 2 rings (SSSR count). The Morgan fingerprint density at radius 1 is 1.50 bits per heavy atom. The molecule has 2 heterocycles. The average molecular weight is 332 g/mol. The van der Waals surface area contributed by atoms with Gasteiger partial charge in [-0.15, -0.1) is 11.3 Å². The van der Waals surface area contributed by atoms with Gasteiger partial charge in [-0.05, 0) is 54.9 Å². The Morgan fingerprint density at radius 3 is 2.89 bits per heavy atom. The van der Waals surface area contributed by atoms with Gasteiger partial charge in [-0.2, -0.15) is 0 Å². The predicted octanol–water partition coefficient (Wildman–Crippen LogP) is 1.89. The highest BCUT2D eigenvalue weighted by atomic mass is 79.9. The zero-order valence-corrected chi connectivity index (χ0v) is 13.7. The molecule has 18 heavy (non-hydrogen) atoms. The number of thiophene rings is 1. The van der Waals surface area contributed by atoms with Crippen LogP contribution in [-0.4, -0.2) is 62.7 Å². The number of nitrogens with one attached hydrogen (secondary N) is 1. The van der Waals surface area contributed by atoms with Gasteiger partial charge in [0, 0.05) is 41.1 Å². The zero-order valence-electron chi connectivity index (χ0n) is 11.3. The van der Waals surface area contributed by atoms with Crippen molar-refractivity contribution in [3.8, 4) is 0 Å². The van der Waals surface area contributed by atoms with Gasteiger partial charge < -0.3 is 10.2 Å². The molecule has 0 aromatic carbocycles. The van der Waals surface area contributed by atoms with Gasteiger partial charge in [0.15, 0.2) is 0 Å². The van der Waals surface area contributed by atoms with E-state index in [0.29, 0.717) is 12.1 Å². The molecule has 0 saturated carbocycles. The Bertz CT molecular complexity index is 382. The van der Waals surface area contributed by atoms with E-state index in [1.54, 1.807) is 0 Å². The highest BCUT2D eigenvalue weighted by Crippen LogP contribution is 2.25. The predicted molar refractivity (Wildman–Crippen MR) is 82.5 cm³/mol. The summed E-state index contributed by atoms with van der Waals surface area (Å²) in [6.07, 6.45) is 1.09. The lowest BCUT2D eigenvalue weighted by Gasteiger charge is -2.41. The molecule has 0 spiro atoms. The highest BCUT2D eigenvalue weighted by molar-refractivity contribution is 9.10. The monoisotopic (exact) mass is 331 g/mol. The van der Waals surface area contributed by atoms with Crippen molar-refractivity contribution in [3.05, 3.63) is 20.8 Å². The summed E-state index contributed by atoms with van der Waals surface area (Å²) in [4.78, 5) is 6.36. The normalized spacial score (nSPS) is 24.3. The number of rotatable bonds is 4. The van der Waals surface area contributed by atoms with Crippen molar-refractivity contribution in [1.82, 2.24) is 15.1 Å². The molecule has 1 aromatic heterocycles. The standard InChI is InChI=1S/C13H22BrN3S/c1-15-11(8-13-10(14)4-7-18-13)12-9-16(2)5-6-17(12)3/h4,7,11-12,15H,5-6,8-9H2,1-3H3. The Morgan fingerprint density at radius 2 is 2.28 bits per heavy atom. The lowest BCUT2D eigenvalue weighted by molar-refractivity contribution is 0.0899. The minimum atomic E-state index is 0.507.